The van der Waals surface area contributed by atoms with Crippen molar-refractivity contribution in [2.24, 2.45) is 11.8 Å². The third-order valence-electron chi connectivity index (χ3n) is 5.00. The summed E-state index contributed by atoms with van der Waals surface area (Å²) in [5.74, 6) is -1.58. The van der Waals surface area contributed by atoms with Gasteiger partial charge < -0.3 is 4.90 Å². The van der Waals surface area contributed by atoms with Crippen LogP contribution in [0.4, 0.5) is 8.78 Å². The lowest BCUT2D eigenvalue weighted by atomic mass is 9.89. The monoisotopic (exact) mass is 386 g/mol. The van der Waals surface area contributed by atoms with Crippen LogP contribution in [0, 0.1) is 23.5 Å². The smallest absolute Gasteiger partial charge is 0.255 e. The minimum Gasteiger partial charge on any atom is -0.338 e. The molecular formula is C22H24F2N2O2. The first-order valence-electron chi connectivity index (χ1n) is 9.58. The molecule has 1 aliphatic heterocycles. The molecule has 1 aliphatic rings. The molecule has 1 fully saturated rings. The summed E-state index contributed by atoms with van der Waals surface area (Å²) in [5, 5.41) is 0. The third kappa shape index (κ3) is 4.61. The van der Waals surface area contributed by atoms with Gasteiger partial charge in [-0.05, 0) is 49.1 Å². The highest BCUT2D eigenvalue weighted by molar-refractivity contribution is 5.94. The zero-order valence-electron chi connectivity index (χ0n) is 16.1. The standard InChI is InChI=1S/C22H24F2N2O2/c1-14(2)10-21(27)17-4-3-9-26(13-17)22(28)16-6-8-20(25-12-16)15-5-7-18(23)19(24)11-15/h5-8,11-12,14,17H,3-4,9-10,13H2,1-2H3/t17-/m1/s1. The van der Waals surface area contributed by atoms with E-state index in [4.69, 9.17) is 0 Å². The molecule has 6 heteroatoms. The molecule has 1 amide bonds. The number of piperidine rings is 1. The van der Waals surface area contributed by atoms with Gasteiger partial charge in [-0.1, -0.05) is 13.8 Å². The van der Waals surface area contributed by atoms with Crippen molar-refractivity contribution in [1.29, 1.82) is 0 Å². The van der Waals surface area contributed by atoms with E-state index in [2.05, 4.69) is 4.98 Å². The molecule has 4 nitrogen and oxygen atoms in total. The Morgan fingerprint density at radius 2 is 1.96 bits per heavy atom. The quantitative estimate of drug-likeness (QED) is 0.761. The number of Topliss-reactive ketones (excluding diaryl/α,β-unsaturated/α-hetero) is 1. The highest BCUT2D eigenvalue weighted by atomic mass is 19.2. The number of benzene rings is 1. The lowest BCUT2D eigenvalue weighted by molar-refractivity contribution is -0.124. The van der Waals surface area contributed by atoms with Crippen molar-refractivity contribution < 1.29 is 18.4 Å². The third-order valence-corrected chi connectivity index (χ3v) is 5.00. The Kier molecular flexibility index (Phi) is 6.17. The van der Waals surface area contributed by atoms with Gasteiger partial charge in [-0.15, -0.1) is 0 Å². The minimum absolute atomic E-state index is 0.102. The first kappa shape index (κ1) is 20.1. The number of amides is 1. The molecule has 1 aromatic carbocycles. The van der Waals surface area contributed by atoms with Gasteiger partial charge in [-0.25, -0.2) is 8.78 Å². The molecular weight excluding hydrogens is 362 g/mol. The summed E-state index contributed by atoms with van der Waals surface area (Å²) in [4.78, 5) is 31.1. The Balaban J connectivity index is 1.70. The molecule has 0 saturated carbocycles. The average molecular weight is 386 g/mol. The second-order valence-electron chi connectivity index (χ2n) is 7.72. The van der Waals surface area contributed by atoms with Gasteiger partial charge in [-0.2, -0.15) is 0 Å². The summed E-state index contributed by atoms with van der Waals surface area (Å²) in [6.07, 6.45) is 3.61. The van der Waals surface area contributed by atoms with Crippen LogP contribution in [0.3, 0.4) is 0 Å². The number of rotatable bonds is 5. The molecule has 2 heterocycles. The maximum absolute atomic E-state index is 13.4. The van der Waals surface area contributed by atoms with E-state index in [9.17, 15) is 18.4 Å². The van der Waals surface area contributed by atoms with Gasteiger partial charge in [0, 0.05) is 37.2 Å². The fourth-order valence-corrected chi connectivity index (χ4v) is 3.52. The van der Waals surface area contributed by atoms with Crippen molar-refractivity contribution >= 4 is 11.7 Å². The second kappa shape index (κ2) is 8.59. The first-order chi connectivity index (χ1) is 13.3. The maximum atomic E-state index is 13.4. The van der Waals surface area contributed by atoms with E-state index in [1.54, 1.807) is 17.0 Å². The number of likely N-dealkylation sites (tertiary alicyclic amines) is 1. The summed E-state index contributed by atoms with van der Waals surface area (Å²) in [5.41, 5.74) is 1.32. The number of pyridine rings is 1. The zero-order chi connectivity index (χ0) is 20.3. The van der Waals surface area contributed by atoms with E-state index >= 15 is 0 Å². The van der Waals surface area contributed by atoms with E-state index in [0.29, 0.717) is 42.2 Å². The number of ketones is 1. The fraction of sp³-hybridized carbons (Fsp3) is 0.409. The number of carbonyl (C=O) groups is 2. The number of nitrogens with zero attached hydrogens (tertiary/aromatic N) is 2. The van der Waals surface area contributed by atoms with Crippen molar-refractivity contribution in [3.05, 3.63) is 53.7 Å². The van der Waals surface area contributed by atoms with Crippen molar-refractivity contribution in [1.82, 2.24) is 9.88 Å². The van der Waals surface area contributed by atoms with Crippen LogP contribution in [0.1, 0.15) is 43.5 Å². The second-order valence-corrected chi connectivity index (χ2v) is 7.72. The Bertz CT molecular complexity index is 865. The largest absolute Gasteiger partial charge is 0.338 e. The lowest BCUT2D eigenvalue weighted by Gasteiger charge is -2.32. The normalized spacial score (nSPS) is 17.0. The summed E-state index contributed by atoms with van der Waals surface area (Å²) >= 11 is 0. The van der Waals surface area contributed by atoms with Crippen LogP contribution >= 0.6 is 0 Å². The van der Waals surface area contributed by atoms with Gasteiger partial charge >= 0.3 is 0 Å². The van der Waals surface area contributed by atoms with E-state index in [-0.39, 0.29) is 17.6 Å². The summed E-state index contributed by atoms with van der Waals surface area (Å²) in [7, 11) is 0. The number of aromatic nitrogens is 1. The van der Waals surface area contributed by atoms with Crippen LogP contribution in [0.15, 0.2) is 36.5 Å². The van der Waals surface area contributed by atoms with Crippen LogP contribution in [0.2, 0.25) is 0 Å². The number of carbonyl (C=O) groups excluding carboxylic acids is 2. The summed E-state index contributed by atoms with van der Waals surface area (Å²) in [6.45, 7) is 5.10. The molecule has 0 aliphatic carbocycles. The topological polar surface area (TPSA) is 50.3 Å². The van der Waals surface area contributed by atoms with E-state index in [0.717, 1.165) is 25.0 Å². The van der Waals surface area contributed by atoms with Gasteiger partial charge in [0.15, 0.2) is 11.6 Å². The van der Waals surface area contributed by atoms with Crippen LogP contribution in [0.5, 0.6) is 0 Å². The van der Waals surface area contributed by atoms with Crippen molar-refractivity contribution in [3.8, 4) is 11.3 Å². The first-order valence-corrected chi connectivity index (χ1v) is 9.58. The minimum atomic E-state index is -0.940. The molecule has 1 saturated heterocycles. The Morgan fingerprint density at radius 1 is 1.18 bits per heavy atom. The molecule has 3 rings (SSSR count). The molecule has 0 N–H and O–H groups in total. The van der Waals surface area contributed by atoms with Gasteiger partial charge in [0.25, 0.3) is 5.91 Å². The van der Waals surface area contributed by atoms with Gasteiger partial charge in [0.05, 0.1) is 11.3 Å². The van der Waals surface area contributed by atoms with Gasteiger partial charge in [-0.3, -0.25) is 14.6 Å². The molecule has 0 spiro atoms. The Hall–Kier alpha value is -2.63. The molecule has 0 unspecified atom stereocenters. The fourth-order valence-electron chi connectivity index (χ4n) is 3.52. The predicted molar refractivity (Wildman–Crippen MR) is 103 cm³/mol. The van der Waals surface area contributed by atoms with Gasteiger partial charge in [0.2, 0.25) is 0 Å². The zero-order valence-corrected chi connectivity index (χ0v) is 16.1. The molecule has 1 aromatic heterocycles. The van der Waals surface area contributed by atoms with Crippen LogP contribution in [-0.2, 0) is 4.79 Å². The van der Waals surface area contributed by atoms with Crippen molar-refractivity contribution in [2.45, 2.75) is 33.1 Å². The molecule has 0 bridgehead atoms. The number of halogens is 2. The van der Waals surface area contributed by atoms with E-state index in [1.807, 2.05) is 13.8 Å². The average Bonchev–Trinajstić information content (AvgIpc) is 2.69. The Labute approximate surface area is 163 Å². The maximum Gasteiger partial charge on any atom is 0.255 e. The van der Waals surface area contributed by atoms with Crippen LogP contribution < -0.4 is 0 Å². The van der Waals surface area contributed by atoms with Crippen LogP contribution in [0.25, 0.3) is 11.3 Å². The summed E-state index contributed by atoms with van der Waals surface area (Å²) in [6, 6.07) is 6.82. The van der Waals surface area contributed by atoms with E-state index in [1.165, 1.54) is 12.3 Å². The van der Waals surface area contributed by atoms with Crippen LogP contribution in [-0.4, -0.2) is 34.7 Å². The molecule has 148 valence electrons. The molecule has 2 aromatic rings. The van der Waals surface area contributed by atoms with E-state index < -0.39 is 11.6 Å². The molecule has 1 atom stereocenters. The number of hydrogen-bond donors (Lipinski definition) is 0. The number of hydrogen-bond acceptors (Lipinski definition) is 3. The lowest BCUT2D eigenvalue weighted by Crippen LogP contribution is -2.42. The summed E-state index contributed by atoms with van der Waals surface area (Å²) < 4.78 is 26.5. The van der Waals surface area contributed by atoms with Crippen molar-refractivity contribution in [3.63, 3.8) is 0 Å². The SMILES string of the molecule is CC(C)CC(=O)[C@@H]1CCCN(C(=O)c2ccc(-c3ccc(F)c(F)c3)nc2)C1. The molecule has 28 heavy (non-hydrogen) atoms. The highest BCUT2D eigenvalue weighted by Crippen LogP contribution is 2.23. The van der Waals surface area contributed by atoms with Crippen molar-refractivity contribution in [2.75, 3.05) is 13.1 Å². The Morgan fingerprint density at radius 3 is 2.61 bits per heavy atom. The van der Waals surface area contributed by atoms with Gasteiger partial charge in [0.1, 0.15) is 5.78 Å². The highest BCUT2D eigenvalue weighted by Gasteiger charge is 2.29. The molecule has 0 radical (unpaired) electrons. The predicted octanol–water partition coefficient (Wildman–Crippen LogP) is 4.49.